The van der Waals surface area contributed by atoms with Crippen molar-refractivity contribution in [1.29, 1.82) is 0 Å². The van der Waals surface area contributed by atoms with Crippen molar-refractivity contribution in [3.63, 3.8) is 0 Å². The molecule has 3 atom stereocenters. The summed E-state index contributed by atoms with van der Waals surface area (Å²) in [4.78, 5) is 2.65. The Morgan fingerprint density at radius 1 is 1.22 bits per heavy atom. The number of hydrogen-bond donors (Lipinski definition) is 2. The highest BCUT2D eigenvalue weighted by atomic mass is 16.3. The highest BCUT2D eigenvalue weighted by Gasteiger charge is 2.40. The number of nitrogens with one attached hydrogen (secondary N) is 1. The Morgan fingerprint density at radius 2 is 1.83 bits per heavy atom. The van der Waals surface area contributed by atoms with Gasteiger partial charge in [-0.2, -0.15) is 0 Å². The maximum absolute atomic E-state index is 9.39. The number of rotatable bonds is 5. The van der Waals surface area contributed by atoms with Crippen LogP contribution < -0.4 is 5.32 Å². The van der Waals surface area contributed by atoms with Gasteiger partial charge < -0.3 is 15.3 Å². The average molecular weight is 254 g/mol. The monoisotopic (exact) mass is 254 g/mol. The van der Waals surface area contributed by atoms with Crippen LogP contribution in [0.3, 0.4) is 0 Å². The summed E-state index contributed by atoms with van der Waals surface area (Å²) in [5.41, 5.74) is 0. The van der Waals surface area contributed by atoms with E-state index in [4.69, 9.17) is 0 Å². The first-order valence-corrected chi connectivity index (χ1v) is 7.76. The molecule has 0 aromatic heterocycles. The van der Waals surface area contributed by atoms with Gasteiger partial charge >= 0.3 is 0 Å². The van der Waals surface area contributed by atoms with Gasteiger partial charge in [-0.3, -0.25) is 0 Å². The summed E-state index contributed by atoms with van der Waals surface area (Å²) >= 11 is 0. The molecule has 1 saturated carbocycles. The summed E-state index contributed by atoms with van der Waals surface area (Å²) in [6.45, 7) is 9.55. The number of likely N-dealkylation sites (tertiary alicyclic amines) is 1. The second-order valence-electron chi connectivity index (χ2n) is 6.48. The number of aliphatic hydroxyl groups excluding tert-OH is 1. The molecular formula is C15H30N2O. The SMILES string of the molecule is CC[C@H](CO)NC1C2CCCC1CN(C(C)C)C2. The standard InChI is InChI=1S/C15H30N2O/c1-4-14(10-18)16-15-12-6-5-7-13(15)9-17(8-12)11(2)3/h11-16,18H,4-10H2,1-3H3/t12?,13?,14-,15?/m1/s1. The van der Waals surface area contributed by atoms with Crippen molar-refractivity contribution in [3.05, 3.63) is 0 Å². The molecule has 1 saturated heterocycles. The van der Waals surface area contributed by atoms with Crippen molar-refractivity contribution in [3.8, 4) is 0 Å². The van der Waals surface area contributed by atoms with E-state index in [0.717, 1.165) is 18.3 Å². The van der Waals surface area contributed by atoms with E-state index in [9.17, 15) is 5.11 Å². The van der Waals surface area contributed by atoms with E-state index in [0.29, 0.717) is 18.1 Å². The Bertz CT molecular complexity index is 239. The molecule has 18 heavy (non-hydrogen) atoms. The third kappa shape index (κ3) is 3.06. The third-order valence-electron chi connectivity index (χ3n) is 4.98. The molecule has 2 aliphatic rings. The van der Waals surface area contributed by atoms with Gasteiger partial charge in [0.25, 0.3) is 0 Å². The second-order valence-corrected chi connectivity index (χ2v) is 6.48. The van der Waals surface area contributed by atoms with E-state index in [1.54, 1.807) is 0 Å². The van der Waals surface area contributed by atoms with Gasteiger partial charge in [0, 0.05) is 31.2 Å². The van der Waals surface area contributed by atoms with Crippen LogP contribution in [0, 0.1) is 11.8 Å². The fourth-order valence-corrected chi connectivity index (χ4v) is 3.74. The zero-order valence-electron chi connectivity index (χ0n) is 12.2. The van der Waals surface area contributed by atoms with Crippen molar-refractivity contribution >= 4 is 0 Å². The van der Waals surface area contributed by atoms with Gasteiger partial charge in [0.1, 0.15) is 0 Å². The number of aliphatic hydroxyl groups is 1. The fourth-order valence-electron chi connectivity index (χ4n) is 3.74. The molecule has 1 heterocycles. The minimum absolute atomic E-state index is 0.278. The lowest BCUT2D eigenvalue weighted by molar-refractivity contribution is 0.0211. The molecule has 3 heteroatoms. The molecule has 0 aromatic rings. The van der Waals surface area contributed by atoms with E-state index < -0.39 is 0 Å². The molecule has 106 valence electrons. The first-order chi connectivity index (χ1) is 8.65. The van der Waals surface area contributed by atoms with Gasteiger partial charge in [-0.05, 0) is 44.9 Å². The van der Waals surface area contributed by atoms with Crippen LogP contribution in [0.2, 0.25) is 0 Å². The highest BCUT2D eigenvalue weighted by molar-refractivity contribution is 4.96. The normalized spacial score (nSPS) is 34.8. The second kappa shape index (κ2) is 6.36. The molecule has 0 radical (unpaired) electrons. The van der Waals surface area contributed by atoms with Crippen LogP contribution in [-0.2, 0) is 0 Å². The lowest BCUT2D eigenvalue weighted by atomic mass is 9.73. The Balaban J connectivity index is 1.99. The lowest BCUT2D eigenvalue weighted by Crippen LogP contribution is -2.60. The van der Waals surface area contributed by atoms with E-state index in [-0.39, 0.29) is 6.61 Å². The van der Waals surface area contributed by atoms with E-state index in [2.05, 4.69) is 31.0 Å². The summed E-state index contributed by atoms with van der Waals surface area (Å²) < 4.78 is 0. The minimum atomic E-state index is 0.278. The van der Waals surface area contributed by atoms with Crippen LogP contribution in [0.1, 0.15) is 46.5 Å². The smallest absolute Gasteiger partial charge is 0.0584 e. The number of hydrogen-bond acceptors (Lipinski definition) is 3. The molecule has 0 aromatic carbocycles. The molecule has 0 spiro atoms. The fraction of sp³-hybridized carbons (Fsp3) is 1.00. The zero-order chi connectivity index (χ0) is 13.1. The topological polar surface area (TPSA) is 35.5 Å². The number of nitrogens with zero attached hydrogens (tertiary/aromatic N) is 1. The van der Waals surface area contributed by atoms with Gasteiger partial charge in [0.05, 0.1) is 6.61 Å². The van der Waals surface area contributed by atoms with Gasteiger partial charge in [-0.25, -0.2) is 0 Å². The quantitative estimate of drug-likeness (QED) is 0.786. The molecule has 2 fully saturated rings. The van der Waals surface area contributed by atoms with Crippen LogP contribution in [-0.4, -0.2) is 47.8 Å². The summed E-state index contributed by atoms with van der Waals surface area (Å²) in [5, 5.41) is 13.1. The van der Waals surface area contributed by atoms with Gasteiger partial charge in [-0.15, -0.1) is 0 Å². The van der Waals surface area contributed by atoms with E-state index in [1.807, 2.05) is 0 Å². The van der Waals surface area contributed by atoms with Crippen molar-refractivity contribution in [2.24, 2.45) is 11.8 Å². The Labute approximate surface area is 112 Å². The molecule has 1 aliphatic carbocycles. The van der Waals surface area contributed by atoms with Crippen LogP contribution in [0.5, 0.6) is 0 Å². The first-order valence-electron chi connectivity index (χ1n) is 7.76. The maximum Gasteiger partial charge on any atom is 0.0584 e. The van der Waals surface area contributed by atoms with Crippen molar-refractivity contribution in [2.75, 3.05) is 19.7 Å². The lowest BCUT2D eigenvalue weighted by Gasteiger charge is -2.50. The summed E-state index contributed by atoms with van der Waals surface area (Å²) in [6.07, 6.45) is 5.15. The molecule has 3 nitrogen and oxygen atoms in total. The Hall–Kier alpha value is -0.120. The Kier molecular flexibility index (Phi) is 5.05. The van der Waals surface area contributed by atoms with Crippen LogP contribution in [0.25, 0.3) is 0 Å². The summed E-state index contributed by atoms with van der Waals surface area (Å²) in [6, 6.07) is 1.61. The number of piperidine rings is 1. The van der Waals surface area contributed by atoms with Gasteiger partial charge in [0.15, 0.2) is 0 Å². The maximum atomic E-state index is 9.39. The largest absolute Gasteiger partial charge is 0.395 e. The highest BCUT2D eigenvalue weighted by Crippen LogP contribution is 2.35. The van der Waals surface area contributed by atoms with Crippen molar-refractivity contribution < 1.29 is 5.11 Å². The van der Waals surface area contributed by atoms with E-state index >= 15 is 0 Å². The average Bonchev–Trinajstić information content (AvgIpc) is 2.34. The van der Waals surface area contributed by atoms with Gasteiger partial charge in [-0.1, -0.05) is 13.3 Å². The van der Waals surface area contributed by atoms with Crippen LogP contribution >= 0.6 is 0 Å². The summed E-state index contributed by atoms with van der Waals surface area (Å²) in [7, 11) is 0. The van der Waals surface area contributed by atoms with Gasteiger partial charge in [0.2, 0.25) is 0 Å². The summed E-state index contributed by atoms with van der Waals surface area (Å²) in [5.74, 6) is 1.58. The predicted molar refractivity (Wildman–Crippen MR) is 75.6 cm³/mol. The van der Waals surface area contributed by atoms with Crippen molar-refractivity contribution in [1.82, 2.24) is 10.2 Å². The molecule has 0 amide bonds. The number of fused-ring (bicyclic) bond motifs is 2. The molecular weight excluding hydrogens is 224 g/mol. The van der Waals surface area contributed by atoms with Crippen molar-refractivity contribution in [2.45, 2.75) is 64.6 Å². The third-order valence-corrected chi connectivity index (χ3v) is 4.98. The molecule has 2 bridgehead atoms. The molecule has 1 aliphatic heterocycles. The predicted octanol–water partition coefficient (Wildman–Crippen LogP) is 1.86. The van der Waals surface area contributed by atoms with Crippen LogP contribution in [0.15, 0.2) is 0 Å². The first kappa shape index (κ1) is 14.3. The minimum Gasteiger partial charge on any atom is -0.395 e. The van der Waals surface area contributed by atoms with E-state index in [1.165, 1.54) is 32.4 Å². The Morgan fingerprint density at radius 3 is 2.28 bits per heavy atom. The molecule has 2 unspecified atom stereocenters. The zero-order valence-corrected chi connectivity index (χ0v) is 12.2. The molecule has 2 N–H and O–H groups in total. The molecule has 2 rings (SSSR count). The van der Waals surface area contributed by atoms with Crippen LogP contribution in [0.4, 0.5) is 0 Å².